The topological polar surface area (TPSA) is 69.2 Å². The van der Waals surface area contributed by atoms with Crippen molar-refractivity contribution in [2.75, 3.05) is 6.54 Å². The molecule has 15 heavy (non-hydrogen) atoms. The lowest BCUT2D eigenvalue weighted by Gasteiger charge is -2.01. The molecule has 4 nitrogen and oxygen atoms in total. The van der Waals surface area contributed by atoms with Crippen LogP contribution < -0.4 is 10.4 Å². The second-order valence-electron chi connectivity index (χ2n) is 2.83. The summed E-state index contributed by atoms with van der Waals surface area (Å²) in [7, 11) is 0. The number of rotatable bonds is 4. The van der Waals surface area contributed by atoms with Crippen molar-refractivity contribution in [3.8, 4) is 0 Å². The fourth-order valence-electron chi connectivity index (χ4n) is 0.954. The highest BCUT2D eigenvalue weighted by atomic mass is 16.4. The monoisotopic (exact) mass is 204 g/mol. The van der Waals surface area contributed by atoms with Crippen LogP contribution in [0.5, 0.6) is 0 Å². The van der Waals surface area contributed by atoms with E-state index in [2.05, 4.69) is 5.32 Å². The van der Waals surface area contributed by atoms with Gasteiger partial charge in [0.1, 0.15) is 0 Å². The molecule has 0 radical (unpaired) electrons. The zero-order valence-corrected chi connectivity index (χ0v) is 7.97. The molecular weight excluding hydrogens is 194 g/mol. The summed E-state index contributed by atoms with van der Waals surface area (Å²) in [6.45, 7) is -0.474. The Labute approximate surface area is 87.2 Å². The summed E-state index contributed by atoms with van der Waals surface area (Å²) < 4.78 is 0. The van der Waals surface area contributed by atoms with Gasteiger partial charge in [0, 0.05) is 6.08 Å². The summed E-state index contributed by atoms with van der Waals surface area (Å²) in [6, 6.07) is 9.23. The van der Waals surface area contributed by atoms with E-state index < -0.39 is 18.4 Å². The van der Waals surface area contributed by atoms with Crippen LogP contribution in [-0.2, 0) is 9.59 Å². The van der Waals surface area contributed by atoms with Crippen LogP contribution in [0.15, 0.2) is 36.4 Å². The quantitative estimate of drug-likeness (QED) is 0.676. The minimum absolute atomic E-state index is 0.456. The first-order valence-corrected chi connectivity index (χ1v) is 4.39. The number of carboxylic acids is 1. The summed E-state index contributed by atoms with van der Waals surface area (Å²) >= 11 is 0. The predicted octanol–water partition coefficient (Wildman–Crippen LogP) is -0.434. The standard InChI is InChI=1S/C11H11NO3/c13-10(12-8-11(14)15)7-6-9-4-2-1-3-5-9/h1-7H,8H2,(H,12,13)(H,14,15)/p-1/b7-6+. The highest BCUT2D eigenvalue weighted by Gasteiger charge is 1.93. The van der Waals surface area contributed by atoms with Crippen molar-refractivity contribution in [1.82, 2.24) is 5.32 Å². The van der Waals surface area contributed by atoms with Gasteiger partial charge in [-0.3, -0.25) is 4.79 Å². The number of aliphatic carboxylic acids is 1. The predicted molar refractivity (Wildman–Crippen MR) is 53.5 cm³/mol. The number of nitrogens with one attached hydrogen (secondary N) is 1. The molecule has 0 unspecified atom stereocenters. The number of carbonyl (C=O) groups excluding carboxylic acids is 2. The Morgan fingerprint density at radius 2 is 1.93 bits per heavy atom. The summed E-state index contributed by atoms with van der Waals surface area (Å²) in [4.78, 5) is 21.1. The Kier molecular flexibility index (Phi) is 4.09. The zero-order chi connectivity index (χ0) is 11.1. The Morgan fingerprint density at radius 1 is 1.27 bits per heavy atom. The van der Waals surface area contributed by atoms with E-state index in [1.165, 1.54) is 6.08 Å². The summed E-state index contributed by atoms with van der Waals surface area (Å²) in [5, 5.41) is 12.2. The van der Waals surface area contributed by atoms with E-state index >= 15 is 0 Å². The maximum atomic E-state index is 11.0. The normalized spacial score (nSPS) is 10.1. The number of hydrogen-bond acceptors (Lipinski definition) is 3. The second kappa shape index (κ2) is 5.59. The molecule has 0 heterocycles. The van der Waals surface area contributed by atoms with E-state index in [4.69, 9.17) is 0 Å². The van der Waals surface area contributed by atoms with Gasteiger partial charge >= 0.3 is 0 Å². The summed E-state index contributed by atoms with van der Waals surface area (Å²) in [6.07, 6.45) is 2.88. The molecule has 0 spiro atoms. The molecule has 1 amide bonds. The van der Waals surface area contributed by atoms with Crippen LogP contribution in [-0.4, -0.2) is 18.4 Å². The van der Waals surface area contributed by atoms with E-state index in [0.717, 1.165) is 5.56 Å². The third kappa shape index (κ3) is 4.61. The molecule has 0 fully saturated rings. The van der Waals surface area contributed by atoms with Gasteiger partial charge in [0.05, 0.1) is 12.5 Å². The zero-order valence-electron chi connectivity index (χ0n) is 7.97. The van der Waals surface area contributed by atoms with Crippen molar-refractivity contribution in [3.05, 3.63) is 42.0 Å². The van der Waals surface area contributed by atoms with E-state index in [-0.39, 0.29) is 0 Å². The molecule has 1 N–H and O–H groups in total. The molecule has 1 aromatic carbocycles. The van der Waals surface area contributed by atoms with Crippen molar-refractivity contribution in [1.29, 1.82) is 0 Å². The smallest absolute Gasteiger partial charge is 0.244 e. The molecule has 0 atom stereocenters. The van der Waals surface area contributed by atoms with Crippen LogP contribution in [0.25, 0.3) is 6.08 Å². The molecule has 4 heteroatoms. The Balaban J connectivity index is 2.44. The summed E-state index contributed by atoms with van der Waals surface area (Å²) in [5.41, 5.74) is 0.876. The first kappa shape index (κ1) is 11.0. The lowest BCUT2D eigenvalue weighted by molar-refractivity contribution is -0.303. The number of amides is 1. The number of carboxylic acid groups (broad SMARTS) is 1. The van der Waals surface area contributed by atoms with Gasteiger partial charge in [0.25, 0.3) is 0 Å². The minimum Gasteiger partial charge on any atom is -0.548 e. The molecule has 0 aliphatic heterocycles. The second-order valence-corrected chi connectivity index (χ2v) is 2.83. The number of benzene rings is 1. The maximum Gasteiger partial charge on any atom is 0.244 e. The van der Waals surface area contributed by atoms with Crippen LogP contribution in [0.1, 0.15) is 5.56 Å². The Bertz CT molecular complexity index is 371. The molecule has 0 aliphatic rings. The average molecular weight is 204 g/mol. The largest absolute Gasteiger partial charge is 0.548 e. The third-order valence-corrected chi connectivity index (χ3v) is 1.63. The highest BCUT2D eigenvalue weighted by molar-refractivity contribution is 5.93. The molecule has 1 rings (SSSR count). The molecule has 0 saturated carbocycles. The first-order valence-electron chi connectivity index (χ1n) is 4.39. The molecule has 0 aliphatic carbocycles. The molecule has 0 saturated heterocycles. The van der Waals surface area contributed by atoms with Crippen molar-refractivity contribution in [2.45, 2.75) is 0 Å². The van der Waals surface area contributed by atoms with Gasteiger partial charge in [-0.2, -0.15) is 0 Å². The fraction of sp³-hybridized carbons (Fsp3) is 0.0909. The van der Waals surface area contributed by atoms with Gasteiger partial charge in [0.15, 0.2) is 0 Å². The van der Waals surface area contributed by atoms with Gasteiger partial charge in [-0.15, -0.1) is 0 Å². The van der Waals surface area contributed by atoms with Crippen LogP contribution in [0.4, 0.5) is 0 Å². The van der Waals surface area contributed by atoms with Crippen LogP contribution >= 0.6 is 0 Å². The van der Waals surface area contributed by atoms with Gasteiger partial charge < -0.3 is 15.2 Å². The van der Waals surface area contributed by atoms with Crippen LogP contribution in [0.3, 0.4) is 0 Å². The first-order chi connectivity index (χ1) is 7.18. The number of hydrogen-bond donors (Lipinski definition) is 1. The molecule has 0 bridgehead atoms. The lowest BCUT2D eigenvalue weighted by Crippen LogP contribution is -2.36. The van der Waals surface area contributed by atoms with Crippen molar-refractivity contribution < 1.29 is 14.7 Å². The van der Waals surface area contributed by atoms with Gasteiger partial charge in [-0.25, -0.2) is 0 Å². The van der Waals surface area contributed by atoms with Crippen molar-refractivity contribution in [3.63, 3.8) is 0 Å². The van der Waals surface area contributed by atoms with Gasteiger partial charge in [-0.05, 0) is 11.6 Å². The fourth-order valence-corrected chi connectivity index (χ4v) is 0.954. The molecular formula is C11H10NO3-. The van der Waals surface area contributed by atoms with Crippen molar-refractivity contribution in [2.24, 2.45) is 0 Å². The Hall–Kier alpha value is -2.10. The number of carbonyl (C=O) groups is 2. The Morgan fingerprint density at radius 3 is 2.53 bits per heavy atom. The average Bonchev–Trinajstić information content (AvgIpc) is 2.25. The lowest BCUT2D eigenvalue weighted by atomic mass is 10.2. The van der Waals surface area contributed by atoms with E-state index in [9.17, 15) is 14.7 Å². The summed E-state index contributed by atoms with van der Waals surface area (Å²) in [5.74, 6) is -1.76. The van der Waals surface area contributed by atoms with Gasteiger partial charge in [0.2, 0.25) is 5.91 Å². The van der Waals surface area contributed by atoms with E-state index in [1.807, 2.05) is 30.3 Å². The SMILES string of the molecule is O=C([O-])CNC(=O)/C=C/c1ccccc1. The van der Waals surface area contributed by atoms with Crippen LogP contribution in [0, 0.1) is 0 Å². The van der Waals surface area contributed by atoms with Gasteiger partial charge in [-0.1, -0.05) is 30.3 Å². The van der Waals surface area contributed by atoms with Crippen molar-refractivity contribution >= 4 is 18.0 Å². The third-order valence-electron chi connectivity index (χ3n) is 1.63. The molecule has 1 aromatic rings. The molecule has 0 aromatic heterocycles. The minimum atomic E-state index is -1.31. The van der Waals surface area contributed by atoms with Crippen LogP contribution in [0.2, 0.25) is 0 Å². The highest BCUT2D eigenvalue weighted by Crippen LogP contribution is 2.00. The molecule has 78 valence electrons. The van der Waals surface area contributed by atoms with E-state index in [0.29, 0.717) is 0 Å². The van der Waals surface area contributed by atoms with E-state index in [1.54, 1.807) is 6.08 Å². The maximum absolute atomic E-state index is 11.0.